The van der Waals surface area contributed by atoms with E-state index in [1.807, 2.05) is 0 Å². The van der Waals surface area contributed by atoms with Gasteiger partial charge < -0.3 is 14.8 Å². The number of nitrogens with zero attached hydrogens (tertiary/aromatic N) is 2. The summed E-state index contributed by atoms with van der Waals surface area (Å²) in [6.45, 7) is 1.47. The number of amides is 1. The third-order valence-electron chi connectivity index (χ3n) is 5.09. The van der Waals surface area contributed by atoms with Crippen molar-refractivity contribution in [2.45, 2.75) is 24.2 Å². The van der Waals surface area contributed by atoms with E-state index in [0.29, 0.717) is 54.9 Å². The van der Waals surface area contributed by atoms with Gasteiger partial charge in [0.05, 0.1) is 29.0 Å². The number of pyridine rings is 1. The van der Waals surface area contributed by atoms with E-state index in [0.717, 1.165) is 6.42 Å². The second kappa shape index (κ2) is 8.79. The van der Waals surface area contributed by atoms with Gasteiger partial charge in [0.25, 0.3) is 0 Å². The third kappa shape index (κ3) is 4.53. The standard InChI is InChI=1S/C20H22ClN3O5S/c21-15-4-7-19(22-12-15)23-20(25)14-3-1-8-24(13-14)30(26,27)16-5-6-17-18(11-16)29-10-2-9-28-17/h4-7,11-12,14H,1-3,8-10,13H2,(H,22,23,25)/t14-/m1/s1. The van der Waals surface area contributed by atoms with Gasteiger partial charge in [0.1, 0.15) is 5.82 Å². The smallest absolute Gasteiger partial charge is 0.243 e. The van der Waals surface area contributed by atoms with E-state index in [1.54, 1.807) is 18.2 Å². The molecule has 2 aromatic rings. The molecule has 160 valence electrons. The van der Waals surface area contributed by atoms with Crippen molar-refractivity contribution in [3.63, 3.8) is 0 Å². The van der Waals surface area contributed by atoms with Gasteiger partial charge in [0.2, 0.25) is 15.9 Å². The lowest BCUT2D eigenvalue weighted by Crippen LogP contribution is -2.43. The van der Waals surface area contributed by atoms with Crippen molar-refractivity contribution < 1.29 is 22.7 Å². The van der Waals surface area contributed by atoms with Crippen molar-refractivity contribution in [1.29, 1.82) is 0 Å². The molecule has 0 aliphatic carbocycles. The van der Waals surface area contributed by atoms with E-state index in [4.69, 9.17) is 21.1 Å². The van der Waals surface area contributed by atoms with Crippen LogP contribution in [0.15, 0.2) is 41.4 Å². The molecule has 10 heteroatoms. The van der Waals surface area contributed by atoms with E-state index < -0.39 is 15.9 Å². The Morgan fingerprint density at radius 3 is 2.70 bits per heavy atom. The topological polar surface area (TPSA) is 97.8 Å². The molecule has 1 fully saturated rings. The fraction of sp³-hybridized carbons (Fsp3) is 0.400. The zero-order valence-electron chi connectivity index (χ0n) is 16.2. The van der Waals surface area contributed by atoms with Crippen LogP contribution in [-0.4, -0.2) is 49.9 Å². The lowest BCUT2D eigenvalue weighted by molar-refractivity contribution is -0.120. The molecule has 0 bridgehead atoms. The van der Waals surface area contributed by atoms with Crippen LogP contribution in [0.4, 0.5) is 5.82 Å². The highest BCUT2D eigenvalue weighted by Crippen LogP contribution is 2.34. The number of carbonyl (C=O) groups excluding carboxylic acids is 1. The molecule has 2 aliphatic heterocycles. The maximum Gasteiger partial charge on any atom is 0.243 e. The summed E-state index contributed by atoms with van der Waals surface area (Å²) in [5.41, 5.74) is 0. The maximum atomic E-state index is 13.2. The Morgan fingerprint density at radius 2 is 1.93 bits per heavy atom. The van der Waals surface area contributed by atoms with Crippen molar-refractivity contribution in [2.75, 3.05) is 31.6 Å². The molecule has 1 atom stereocenters. The summed E-state index contributed by atoms with van der Waals surface area (Å²) in [7, 11) is -3.77. The fourth-order valence-corrected chi connectivity index (χ4v) is 5.16. The fourth-order valence-electron chi connectivity index (χ4n) is 3.51. The van der Waals surface area contributed by atoms with Crippen molar-refractivity contribution in [2.24, 2.45) is 5.92 Å². The number of carbonyl (C=O) groups is 1. The highest BCUT2D eigenvalue weighted by Gasteiger charge is 2.34. The van der Waals surface area contributed by atoms with Gasteiger partial charge in [-0.3, -0.25) is 4.79 Å². The minimum absolute atomic E-state index is 0.107. The minimum Gasteiger partial charge on any atom is -0.490 e. The predicted molar refractivity (Wildman–Crippen MR) is 111 cm³/mol. The first kappa shape index (κ1) is 20.9. The molecule has 30 heavy (non-hydrogen) atoms. The molecule has 1 aromatic carbocycles. The van der Waals surface area contributed by atoms with Crippen molar-refractivity contribution in [3.8, 4) is 11.5 Å². The molecule has 4 rings (SSSR count). The highest BCUT2D eigenvalue weighted by atomic mass is 35.5. The van der Waals surface area contributed by atoms with Gasteiger partial charge in [-0.2, -0.15) is 4.31 Å². The Balaban J connectivity index is 1.48. The number of rotatable bonds is 4. The van der Waals surface area contributed by atoms with Gasteiger partial charge in [-0.05, 0) is 37.1 Å². The molecular formula is C20H22ClN3O5S. The molecule has 2 aliphatic rings. The minimum atomic E-state index is -3.77. The van der Waals surface area contributed by atoms with Gasteiger partial charge in [-0.1, -0.05) is 11.6 Å². The quantitative estimate of drug-likeness (QED) is 0.767. The number of fused-ring (bicyclic) bond motifs is 1. The van der Waals surface area contributed by atoms with Crippen molar-refractivity contribution in [3.05, 3.63) is 41.6 Å². The highest BCUT2D eigenvalue weighted by molar-refractivity contribution is 7.89. The zero-order valence-corrected chi connectivity index (χ0v) is 17.8. The number of halogens is 1. The molecule has 1 saturated heterocycles. The Labute approximate surface area is 180 Å². The number of ether oxygens (including phenoxy) is 2. The molecule has 8 nitrogen and oxygen atoms in total. The van der Waals surface area contributed by atoms with E-state index in [1.165, 1.54) is 22.6 Å². The van der Waals surface area contributed by atoms with Gasteiger partial charge in [-0.25, -0.2) is 13.4 Å². The maximum absolute atomic E-state index is 13.2. The van der Waals surface area contributed by atoms with Crippen LogP contribution in [0.3, 0.4) is 0 Å². The number of sulfonamides is 1. The molecule has 0 unspecified atom stereocenters. The molecule has 0 radical (unpaired) electrons. The van der Waals surface area contributed by atoms with Crippen LogP contribution in [0.25, 0.3) is 0 Å². The zero-order chi connectivity index (χ0) is 21.1. The lowest BCUT2D eigenvalue weighted by atomic mass is 9.99. The number of aromatic nitrogens is 1. The molecular weight excluding hydrogens is 430 g/mol. The Bertz CT molecular complexity index is 1030. The number of piperidine rings is 1. The van der Waals surface area contributed by atoms with Gasteiger partial charge in [0, 0.05) is 31.8 Å². The van der Waals surface area contributed by atoms with Crippen LogP contribution >= 0.6 is 11.6 Å². The second-order valence-corrected chi connectivity index (χ2v) is 9.59. The summed E-state index contributed by atoms with van der Waals surface area (Å²) in [4.78, 5) is 16.8. The summed E-state index contributed by atoms with van der Waals surface area (Å²) >= 11 is 5.81. The second-order valence-electron chi connectivity index (χ2n) is 7.21. The molecule has 0 saturated carbocycles. The summed E-state index contributed by atoms with van der Waals surface area (Å²) in [5.74, 6) is 0.619. The lowest BCUT2D eigenvalue weighted by Gasteiger charge is -2.31. The Kier molecular flexibility index (Phi) is 6.12. The number of hydrogen-bond acceptors (Lipinski definition) is 6. The van der Waals surface area contributed by atoms with E-state index in [2.05, 4.69) is 10.3 Å². The van der Waals surface area contributed by atoms with Crippen molar-refractivity contribution in [1.82, 2.24) is 9.29 Å². The molecule has 3 heterocycles. The average Bonchev–Trinajstić information content (AvgIpc) is 3.00. The first-order chi connectivity index (χ1) is 14.4. The third-order valence-corrected chi connectivity index (χ3v) is 7.18. The van der Waals surface area contributed by atoms with Gasteiger partial charge in [-0.15, -0.1) is 0 Å². The van der Waals surface area contributed by atoms with Crippen LogP contribution in [0.1, 0.15) is 19.3 Å². The van der Waals surface area contributed by atoms with E-state index >= 15 is 0 Å². The van der Waals surface area contributed by atoms with Crippen LogP contribution in [0, 0.1) is 5.92 Å². The summed E-state index contributed by atoms with van der Waals surface area (Å²) < 4.78 is 38.9. The Hall–Kier alpha value is -2.36. The number of benzene rings is 1. The number of anilines is 1. The number of hydrogen-bond donors (Lipinski definition) is 1. The first-order valence-electron chi connectivity index (χ1n) is 9.76. The SMILES string of the molecule is O=C(Nc1ccc(Cl)cn1)[C@@H]1CCCN(S(=O)(=O)c2ccc3c(c2)OCCCO3)C1. The molecule has 1 amide bonds. The normalized spacial score (nSPS) is 19.7. The summed E-state index contributed by atoms with van der Waals surface area (Å²) in [6, 6.07) is 7.87. The monoisotopic (exact) mass is 451 g/mol. The number of nitrogens with one attached hydrogen (secondary N) is 1. The van der Waals surface area contributed by atoms with Crippen LogP contribution < -0.4 is 14.8 Å². The Morgan fingerprint density at radius 1 is 1.13 bits per heavy atom. The molecule has 1 aromatic heterocycles. The first-order valence-corrected chi connectivity index (χ1v) is 11.6. The van der Waals surface area contributed by atoms with E-state index in [9.17, 15) is 13.2 Å². The average molecular weight is 452 g/mol. The predicted octanol–water partition coefficient (Wildman–Crippen LogP) is 2.94. The van der Waals surface area contributed by atoms with Crippen LogP contribution in [0.5, 0.6) is 11.5 Å². The van der Waals surface area contributed by atoms with Gasteiger partial charge >= 0.3 is 0 Å². The van der Waals surface area contributed by atoms with Gasteiger partial charge in [0.15, 0.2) is 11.5 Å². The van der Waals surface area contributed by atoms with Crippen molar-refractivity contribution >= 4 is 33.3 Å². The summed E-state index contributed by atoms with van der Waals surface area (Å²) in [5, 5.41) is 3.20. The largest absolute Gasteiger partial charge is 0.490 e. The summed E-state index contributed by atoms with van der Waals surface area (Å²) in [6.07, 6.45) is 3.38. The molecule has 1 N–H and O–H groups in total. The van der Waals surface area contributed by atoms with E-state index in [-0.39, 0.29) is 17.3 Å². The van der Waals surface area contributed by atoms with Crippen LogP contribution in [-0.2, 0) is 14.8 Å². The molecule has 0 spiro atoms. The van der Waals surface area contributed by atoms with Crippen LogP contribution in [0.2, 0.25) is 5.02 Å².